The van der Waals surface area contributed by atoms with Crippen molar-refractivity contribution >= 4 is 27.4 Å². The van der Waals surface area contributed by atoms with Crippen molar-refractivity contribution in [2.24, 2.45) is 34.6 Å². The van der Waals surface area contributed by atoms with Crippen LogP contribution in [0.4, 0.5) is 0 Å². The van der Waals surface area contributed by atoms with Crippen LogP contribution in [0, 0.1) is 29.6 Å². The standard InChI is InChI=1S/C30H36BrNO/c31-24-15-14-21(19-9-3-4-10-20(19)24)27-26-18-8-2-1-7-17(18)13-16-25(26)32-29-22-11-5-6-12-23(22)30(33)28(27)29/h3-4,9-10,17-18,21-26H,1-2,5-8,11-16H2. The summed E-state index contributed by atoms with van der Waals surface area (Å²) in [6.07, 6.45) is 15.2. The Morgan fingerprint density at radius 2 is 1.55 bits per heavy atom. The van der Waals surface area contributed by atoms with Gasteiger partial charge in [0.25, 0.3) is 0 Å². The third-order valence-electron chi connectivity index (χ3n) is 10.4. The fourth-order valence-electron chi connectivity index (χ4n) is 9.03. The van der Waals surface area contributed by atoms with E-state index < -0.39 is 0 Å². The first-order chi connectivity index (χ1) is 16.2. The molecule has 2 nitrogen and oxygen atoms in total. The largest absolute Gasteiger partial charge is 0.294 e. The van der Waals surface area contributed by atoms with Crippen molar-refractivity contribution in [3.05, 3.63) is 46.5 Å². The lowest BCUT2D eigenvalue weighted by atomic mass is 9.57. The van der Waals surface area contributed by atoms with E-state index in [9.17, 15) is 4.79 Å². The molecule has 4 saturated carbocycles. The summed E-state index contributed by atoms with van der Waals surface area (Å²) < 4.78 is 0. The Hall–Kier alpha value is -1.22. The second-order valence-electron chi connectivity index (χ2n) is 11.8. The molecule has 1 heterocycles. The number of allylic oxidation sites excluding steroid dienone is 1. The average Bonchev–Trinajstić information content (AvgIpc) is 3.15. The van der Waals surface area contributed by atoms with Crippen molar-refractivity contribution in [2.45, 2.75) is 93.8 Å². The Morgan fingerprint density at radius 1 is 0.788 bits per heavy atom. The first-order valence-corrected chi connectivity index (χ1v) is 14.7. The third kappa shape index (κ3) is 3.16. The zero-order valence-corrected chi connectivity index (χ0v) is 21.2. The molecule has 5 aliphatic carbocycles. The number of hydrogen-bond acceptors (Lipinski definition) is 2. The number of aliphatic imine (C=N–C) groups is 1. The van der Waals surface area contributed by atoms with E-state index in [4.69, 9.17) is 4.99 Å². The molecule has 0 aromatic heterocycles. The Kier molecular flexibility index (Phi) is 5.23. The Balaban J connectivity index is 1.43. The highest BCUT2D eigenvalue weighted by Gasteiger charge is 2.54. The molecule has 7 rings (SSSR count). The van der Waals surface area contributed by atoms with Crippen LogP contribution in [0.15, 0.2) is 40.4 Å². The van der Waals surface area contributed by atoms with E-state index >= 15 is 0 Å². The lowest BCUT2D eigenvalue weighted by Gasteiger charge is -2.50. The zero-order valence-electron chi connectivity index (χ0n) is 19.6. The molecule has 0 saturated heterocycles. The van der Waals surface area contributed by atoms with Crippen LogP contribution in [0.3, 0.4) is 0 Å². The molecule has 1 aliphatic heterocycles. The predicted molar refractivity (Wildman–Crippen MR) is 137 cm³/mol. The summed E-state index contributed by atoms with van der Waals surface area (Å²) in [5, 5.41) is 0. The van der Waals surface area contributed by atoms with Crippen LogP contribution in [0.1, 0.15) is 98.9 Å². The number of carbonyl (C=O) groups is 1. The number of carbonyl (C=O) groups excluding carboxylic acids is 1. The van der Waals surface area contributed by atoms with Gasteiger partial charge in [0.05, 0.1) is 6.04 Å². The number of Topliss-reactive ketones (excluding diaryl/α,β-unsaturated/α-hetero) is 1. The molecule has 3 heteroatoms. The van der Waals surface area contributed by atoms with Gasteiger partial charge >= 0.3 is 0 Å². The molecule has 0 radical (unpaired) electrons. The molecule has 0 bridgehead atoms. The van der Waals surface area contributed by atoms with Crippen LogP contribution in [-0.4, -0.2) is 17.5 Å². The van der Waals surface area contributed by atoms with E-state index in [1.54, 1.807) is 5.57 Å². The quantitative estimate of drug-likeness (QED) is 0.359. The maximum absolute atomic E-state index is 14.1. The molecular weight excluding hydrogens is 470 g/mol. The average molecular weight is 507 g/mol. The summed E-state index contributed by atoms with van der Waals surface area (Å²) in [5.41, 5.74) is 6.96. The van der Waals surface area contributed by atoms with Crippen LogP contribution in [0.2, 0.25) is 0 Å². The van der Waals surface area contributed by atoms with Crippen molar-refractivity contribution in [1.29, 1.82) is 0 Å². The van der Waals surface area contributed by atoms with Crippen molar-refractivity contribution in [2.75, 3.05) is 0 Å². The van der Waals surface area contributed by atoms with E-state index in [0.717, 1.165) is 30.3 Å². The normalized spacial score (nSPS) is 42.0. The lowest BCUT2D eigenvalue weighted by molar-refractivity contribution is -0.119. The highest BCUT2D eigenvalue weighted by molar-refractivity contribution is 9.09. The number of dihydropyridines is 1. The number of halogens is 1. The Bertz CT molecular complexity index is 1040. The minimum absolute atomic E-state index is 0.229. The van der Waals surface area contributed by atoms with Gasteiger partial charge in [0, 0.05) is 39.8 Å². The molecule has 6 aliphatic rings. The van der Waals surface area contributed by atoms with Gasteiger partial charge in [0.1, 0.15) is 0 Å². The maximum Gasteiger partial charge on any atom is 0.168 e. The number of rotatable bonds is 1. The van der Waals surface area contributed by atoms with Crippen molar-refractivity contribution in [3.8, 4) is 0 Å². The molecule has 33 heavy (non-hydrogen) atoms. The summed E-state index contributed by atoms with van der Waals surface area (Å²) in [6, 6.07) is 9.53. The van der Waals surface area contributed by atoms with Crippen molar-refractivity contribution in [3.63, 3.8) is 0 Å². The number of alkyl halides is 1. The summed E-state index contributed by atoms with van der Waals surface area (Å²) in [4.78, 5) is 20.1. The number of fused-ring (bicyclic) bond motifs is 7. The topological polar surface area (TPSA) is 29.4 Å². The van der Waals surface area contributed by atoms with Crippen LogP contribution in [0.25, 0.3) is 0 Å². The molecule has 4 fully saturated rings. The minimum atomic E-state index is 0.229. The van der Waals surface area contributed by atoms with Crippen molar-refractivity contribution in [1.82, 2.24) is 0 Å². The molecule has 0 amide bonds. The molecule has 8 atom stereocenters. The molecule has 0 spiro atoms. The lowest BCUT2D eigenvalue weighted by Crippen LogP contribution is -2.44. The van der Waals surface area contributed by atoms with Gasteiger partial charge in [-0.2, -0.15) is 0 Å². The minimum Gasteiger partial charge on any atom is -0.294 e. The van der Waals surface area contributed by atoms with E-state index in [2.05, 4.69) is 40.2 Å². The van der Waals surface area contributed by atoms with Gasteiger partial charge < -0.3 is 0 Å². The highest BCUT2D eigenvalue weighted by atomic mass is 79.9. The van der Waals surface area contributed by atoms with E-state index in [0.29, 0.717) is 34.4 Å². The SMILES string of the molecule is O=C1C2=C(C3CCC(Br)c4ccccc43)C3C(CCC4CCCCC43)N=C2C2CCCCC12. The summed E-state index contributed by atoms with van der Waals surface area (Å²) in [5.74, 6) is 3.66. The summed E-state index contributed by atoms with van der Waals surface area (Å²) in [6.45, 7) is 0. The van der Waals surface area contributed by atoms with Gasteiger partial charge in [-0.3, -0.25) is 9.79 Å². The summed E-state index contributed by atoms with van der Waals surface area (Å²) in [7, 11) is 0. The smallest absolute Gasteiger partial charge is 0.168 e. The molecule has 8 unspecified atom stereocenters. The molecular formula is C30H36BrNO. The maximum atomic E-state index is 14.1. The number of nitrogens with zero attached hydrogens (tertiary/aromatic N) is 1. The number of hydrogen-bond donors (Lipinski definition) is 0. The van der Waals surface area contributed by atoms with Crippen molar-refractivity contribution < 1.29 is 4.79 Å². The van der Waals surface area contributed by atoms with Gasteiger partial charge in [-0.15, -0.1) is 0 Å². The van der Waals surface area contributed by atoms with Gasteiger partial charge in [0.15, 0.2) is 5.78 Å². The first-order valence-electron chi connectivity index (χ1n) is 13.8. The van der Waals surface area contributed by atoms with Gasteiger partial charge in [-0.05, 0) is 73.5 Å². The van der Waals surface area contributed by atoms with Crippen LogP contribution in [-0.2, 0) is 4.79 Å². The Morgan fingerprint density at radius 3 is 2.42 bits per heavy atom. The van der Waals surface area contributed by atoms with Crippen LogP contribution >= 0.6 is 15.9 Å². The molecule has 1 aromatic rings. The molecule has 0 N–H and O–H groups in total. The number of ketones is 1. The second-order valence-corrected chi connectivity index (χ2v) is 12.9. The van der Waals surface area contributed by atoms with E-state index in [1.165, 1.54) is 81.0 Å². The predicted octanol–water partition coefficient (Wildman–Crippen LogP) is 7.73. The second kappa shape index (κ2) is 8.18. The zero-order chi connectivity index (χ0) is 22.1. The fourth-order valence-corrected chi connectivity index (χ4v) is 9.71. The number of benzene rings is 1. The van der Waals surface area contributed by atoms with E-state index in [1.807, 2.05) is 0 Å². The fraction of sp³-hybridized carbons (Fsp3) is 0.667. The monoisotopic (exact) mass is 505 g/mol. The van der Waals surface area contributed by atoms with Gasteiger partial charge in [0.2, 0.25) is 0 Å². The highest BCUT2D eigenvalue weighted by Crippen LogP contribution is 2.58. The molecule has 174 valence electrons. The van der Waals surface area contributed by atoms with Crippen LogP contribution < -0.4 is 0 Å². The van der Waals surface area contributed by atoms with Gasteiger partial charge in [-0.25, -0.2) is 0 Å². The van der Waals surface area contributed by atoms with Gasteiger partial charge in [-0.1, -0.05) is 72.3 Å². The third-order valence-corrected chi connectivity index (χ3v) is 11.3. The molecule has 1 aromatic carbocycles. The first kappa shape index (κ1) is 21.1. The van der Waals surface area contributed by atoms with E-state index in [-0.39, 0.29) is 5.92 Å². The summed E-state index contributed by atoms with van der Waals surface area (Å²) >= 11 is 3.97. The van der Waals surface area contributed by atoms with Crippen LogP contribution in [0.5, 0.6) is 0 Å². The Labute approximate surface area is 206 Å².